The molecule has 2 aromatic carbocycles. The highest BCUT2D eigenvalue weighted by Crippen LogP contribution is 2.27. The zero-order chi connectivity index (χ0) is 14.7. The van der Waals surface area contributed by atoms with Gasteiger partial charge in [0.2, 0.25) is 0 Å². The summed E-state index contributed by atoms with van der Waals surface area (Å²) >= 11 is 21.6. The van der Waals surface area contributed by atoms with Crippen molar-refractivity contribution in [3.63, 3.8) is 0 Å². The summed E-state index contributed by atoms with van der Waals surface area (Å²) < 4.78 is 0.993. The van der Waals surface area contributed by atoms with Crippen LogP contribution in [0.25, 0.3) is 0 Å². The summed E-state index contributed by atoms with van der Waals surface area (Å²) in [4.78, 5) is 0. The number of hydrogen-bond donors (Lipinski definition) is 1. The summed E-state index contributed by atoms with van der Waals surface area (Å²) in [6.45, 7) is 2.79. The Hall–Kier alpha value is -0.250. The highest BCUT2D eigenvalue weighted by atomic mass is 79.9. The normalized spacial score (nSPS) is 12.4. The average molecular weight is 394 g/mol. The van der Waals surface area contributed by atoms with Gasteiger partial charge in [0, 0.05) is 32.1 Å². The molecule has 0 heterocycles. The maximum Gasteiger partial charge on any atom is 0.0468 e. The maximum absolute atomic E-state index is 6.21. The molecular formula is C15H13BrCl3N. The molecule has 0 saturated heterocycles. The van der Waals surface area contributed by atoms with Gasteiger partial charge in [-0.05, 0) is 42.3 Å². The largest absolute Gasteiger partial charge is 0.306 e. The third kappa shape index (κ3) is 4.12. The smallest absolute Gasteiger partial charge is 0.0468 e. The average Bonchev–Trinajstić information content (AvgIpc) is 2.37. The van der Waals surface area contributed by atoms with E-state index in [1.807, 2.05) is 30.3 Å². The van der Waals surface area contributed by atoms with Crippen molar-refractivity contribution >= 4 is 50.7 Å². The van der Waals surface area contributed by atoms with Crippen LogP contribution in [-0.4, -0.2) is 0 Å². The lowest BCUT2D eigenvalue weighted by atomic mass is 10.1. The summed E-state index contributed by atoms with van der Waals surface area (Å²) in [5, 5.41) is 5.47. The standard InChI is InChI=1S/C15H13BrCl3N/c1-9(13-5-4-12(18)7-15(13)19)20-8-10-2-3-11(17)6-14(10)16/h2-7,9,20H,8H2,1H3. The van der Waals surface area contributed by atoms with E-state index in [4.69, 9.17) is 34.8 Å². The van der Waals surface area contributed by atoms with E-state index in [2.05, 4.69) is 28.2 Å². The monoisotopic (exact) mass is 391 g/mol. The molecule has 0 aliphatic rings. The van der Waals surface area contributed by atoms with Gasteiger partial charge in [0.1, 0.15) is 0 Å². The van der Waals surface area contributed by atoms with Gasteiger partial charge in [0.25, 0.3) is 0 Å². The van der Waals surface area contributed by atoms with E-state index in [0.717, 1.165) is 27.2 Å². The first-order chi connectivity index (χ1) is 9.47. The van der Waals surface area contributed by atoms with Crippen LogP contribution in [0.1, 0.15) is 24.1 Å². The molecule has 1 atom stereocenters. The molecule has 2 aromatic rings. The van der Waals surface area contributed by atoms with Crippen molar-refractivity contribution in [2.75, 3.05) is 0 Å². The predicted molar refractivity (Wildman–Crippen MR) is 90.9 cm³/mol. The molecular weight excluding hydrogens is 380 g/mol. The van der Waals surface area contributed by atoms with Gasteiger partial charge in [-0.2, -0.15) is 0 Å². The molecule has 0 aliphatic carbocycles. The molecule has 0 amide bonds. The fourth-order valence-corrected chi connectivity index (χ4v) is 3.29. The molecule has 0 fully saturated rings. The van der Waals surface area contributed by atoms with Gasteiger partial charge >= 0.3 is 0 Å². The quantitative estimate of drug-likeness (QED) is 0.646. The highest BCUT2D eigenvalue weighted by molar-refractivity contribution is 9.10. The number of halogens is 4. The molecule has 0 spiro atoms. The molecule has 20 heavy (non-hydrogen) atoms. The second-order valence-electron chi connectivity index (χ2n) is 4.50. The molecule has 2 rings (SSSR count). The van der Waals surface area contributed by atoms with E-state index in [-0.39, 0.29) is 6.04 Å². The third-order valence-electron chi connectivity index (χ3n) is 3.04. The molecule has 0 saturated carbocycles. The number of nitrogens with one attached hydrogen (secondary N) is 1. The zero-order valence-corrected chi connectivity index (χ0v) is 14.6. The summed E-state index contributed by atoms with van der Waals surface area (Å²) in [6.07, 6.45) is 0. The Morgan fingerprint density at radius 1 is 1.05 bits per heavy atom. The van der Waals surface area contributed by atoms with Gasteiger partial charge in [-0.15, -0.1) is 0 Å². The molecule has 0 bridgehead atoms. The van der Waals surface area contributed by atoms with Crippen LogP contribution in [0.4, 0.5) is 0 Å². The zero-order valence-electron chi connectivity index (χ0n) is 10.8. The van der Waals surface area contributed by atoms with Gasteiger partial charge in [-0.25, -0.2) is 0 Å². The van der Waals surface area contributed by atoms with E-state index < -0.39 is 0 Å². The minimum atomic E-state index is 0.127. The Balaban J connectivity index is 2.06. The predicted octanol–water partition coefficient (Wildman–Crippen LogP) is 6.26. The minimum absolute atomic E-state index is 0.127. The Kier molecular flexibility index (Phi) is 5.76. The van der Waals surface area contributed by atoms with E-state index in [1.165, 1.54) is 0 Å². The van der Waals surface area contributed by atoms with Crippen LogP contribution in [0.2, 0.25) is 15.1 Å². The number of benzene rings is 2. The first-order valence-corrected chi connectivity index (χ1v) is 8.02. The van der Waals surface area contributed by atoms with Crippen molar-refractivity contribution in [2.24, 2.45) is 0 Å². The van der Waals surface area contributed by atoms with Crippen molar-refractivity contribution in [1.82, 2.24) is 5.32 Å². The summed E-state index contributed by atoms with van der Waals surface area (Å²) in [6, 6.07) is 11.4. The van der Waals surface area contributed by atoms with Crippen LogP contribution in [0.3, 0.4) is 0 Å². The van der Waals surface area contributed by atoms with Crippen LogP contribution >= 0.6 is 50.7 Å². The van der Waals surface area contributed by atoms with Gasteiger partial charge in [0.15, 0.2) is 0 Å². The van der Waals surface area contributed by atoms with Crippen molar-refractivity contribution in [2.45, 2.75) is 19.5 Å². The second kappa shape index (κ2) is 7.15. The summed E-state index contributed by atoms with van der Waals surface area (Å²) in [5.41, 5.74) is 2.17. The third-order valence-corrected chi connectivity index (χ3v) is 4.58. The Morgan fingerprint density at radius 2 is 1.70 bits per heavy atom. The van der Waals surface area contributed by atoms with Crippen LogP contribution < -0.4 is 5.32 Å². The SMILES string of the molecule is CC(NCc1ccc(Cl)cc1Br)c1ccc(Cl)cc1Cl. The molecule has 0 aromatic heterocycles. The minimum Gasteiger partial charge on any atom is -0.306 e. The number of rotatable bonds is 4. The molecule has 0 radical (unpaired) electrons. The van der Waals surface area contributed by atoms with Crippen molar-refractivity contribution in [1.29, 1.82) is 0 Å². The van der Waals surface area contributed by atoms with Gasteiger partial charge < -0.3 is 5.32 Å². The van der Waals surface area contributed by atoms with Crippen LogP contribution in [-0.2, 0) is 6.54 Å². The summed E-state index contributed by atoms with van der Waals surface area (Å²) in [7, 11) is 0. The molecule has 1 unspecified atom stereocenters. The molecule has 5 heteroatoms. The highest BCUT2D eigenvalue weighted by Gasteiger charge is 2.10. The first kappa shape index (κ1) is 16.1. The van der Waals surface area contributed by atoms with Crippen molar-refractivity contribution < 1.29 is 0 Å². The molecule has 1 N–H and O–H groups in total. The first-order valence-electron chi connectivity index (χ1n) is 6.09. The fourth-order valence-electron chi connectivity index (χ4n) is 1.89. The summed E-state index contributed by atoms with van der Waals surface area (Å²) in [5.74, 6) is 0. The van der Waals surface area contributed by atoms with Gasteiger partial charge in [0.05, 0.1) is 0 Å². The Labute approximate surface area is 142 Å². The van der Waals surface area contributed by atoms with Crippen LogP contribution in [0, 0.1) is 0 Å². The van der Waals surface area contributed by atoms with E-state index in [9.17, 15) is 0 Å². The van der Waals surface area contributed by atoms with Crippen molar-refractivity contribution in [3.8, 4) is 0 Å². The van der Waals surface area contributed by atoms with E-state index in [1.54, 1.807) is 6.07 Å². The lowest BCUT2D eigenvalue weighted by Crippen LogP contribution is -2.18. The van der Waals surface area contributed by atoms with Crippen LogP contribution in [0.5, 0.6) is 0 Å². The van der Waals surface area contributed by atoms with Crippen LogP contribution in [0.15, 0.2) is 40.9 Å². The van der Waals surface area contributed by atoms with Crippen molar-refractivity contribution in [3.05, 3.63) is 67.1 Å². The topological polar surface area (TPSA) is 12.0 Å². The molecule has 1 nitrogen and oxygen atoms in total. The van der Waals surface area contributed by atoms with Gasteiger partial charge in [-0.3, -0.25) is 0 Å². The Bertz CT molecular complexity index is 616. The van der Waals surface area contributed by atoms with E-state index >= 15 is 0 Å². The van der Waals surface area contributed by atoms with E-state index in [0.29, 0.717) is 10.0 Å². The van der Waals surface area contributed by atoms with Gasteiger partial charge in [-0.1, -0.05) is 62.9 Å². The molecule has 106 valence electrons. The lowest BCUT2D eigenvalue weighted by molar-refractivity contribution is 0.574. The lowest BCUT2D eigenvalue weighted by Gasteiger charge is -2.16. The number of hydrogen-bond acceptors (Lipinski definition) is 1. The maximum atomic E-state index is 6.21. The second-order valence-corrected chi connectivity index (χ2v) is 6.64. The molecule has 0 aliphatic heterocycles. The Morgan fingerprint density at radius 3 is 2.35 bits per heavy atom. The fraction of sp³-hybridized carbons (Fsp3) is 0.200.